The van der Waals surface area contributed by atoms with E-state index < -0.39 is 0 Å². The lowest BCUT2D eigenvalue weighted by Gasteiger charge is -2.34. The van der Waals surface area contributed by atoms with E-state index in [0.29, 0.717) is 18.5 Å². The molecule has 0 spiro atoms. The van der Waals surface area contributed by atoms with E-state index >= 15 is 0 Å². The molecule has 0 bridgehead atoms. The molecule has 1 atom stereocenters. The van der Waals surface area contributed by atoms with Crippen molar-refractivity contribution < 1.29 is 4.52 Å². The number of rotatable bonds is 8. The number of imidazole rings is 1. The van der Waals surface area contributed by atoms with Crippen molar-refractivity contribution >= 4 is 0 Å². The molecule has 0 radical (unpaired) electrons. The van der Waals surface area contributed by atoms with Gasteiger partial charge in [-0.25, -0.2) is 4.98 Å². The summed E-state index contributed by atoms with van der Waals surface area (Å²) in [6.45, 7) is 2.77. The van der Waals surface area contributed by atoms with Crippen molar-refractivity contribution in [2.24, 2.45) is 0 Å². The van der Waals surface area contributed by atoms with Crippen LogP contribution in [0.3, 0.4) is 0 Å². The van der Waals surface area contributed by atoms with E-state index in [9.17, 15) is 0 Å². The average molecular weight is 428 g/mol. The minimum atomic E-state index is -0.0340. The molecule has 1 fully saturated rings. The van der Waals surface area contributed by atoms with Gasteiger partial charge in [-0.15, -0.1) is 0 Å². The largest absolute Gasteiger partial charge is 0.338 e. The third kappa shape index (κ3) is 4.81. The highest BCUT2D eigenvalue weighted by atomic mass is 16.5. The van der Waals surface area contributed by atoms with Gasteiger partial charge in [0.15, 0.2) is 5.82 Å². The van der Waals surface area contributed by atoms with Gasteiger partial charge in [0.1, 0.15) is 0 Å². The maximum Gasteiger partial charge on any atom is 0.240 e. The lowest BCUT2D eigenvalue weighted by molar-refractivity contribution is 0.113. The van der Waals surface area contributed by atoms with E-state index in [2.05, 4.69) is 68.1 Å². The summed E-state index contributed by atoms with van der Waals surface area (Å²) in [4.78, 5) is 11.5. The Balaban J connectivity index is 1.33. The summed E-state index contributed by atoms with van der Waals surface area (Å²) >= 11 is 0. The maximum absolute atomic E-state index is 5.77. The van der Waals surface area contributed by atoms with Crippen LogP contribution in [0, 0.1) is 0 Å². The molecule has 0 saturated carbocycles. The molecule has 3 heterocycles. The van der Waals surface area contributed by atoms with Gasteiger partial charge in [-0.1, -0.05) is 72.2 Å². The second-order valence-electron chi connectivity index (χ2n) is 8.51. The molecule has 2 aromatic heterocycles. The van der Waals surface area contributed by atoms with Crippen molar-refractivity contribution in [1.29, 1.82) is 0 Å². The fourth-order valence-electron chi connectivity index (χ4n) is 4.72. The van der Waals surface area contributed by atoms with Crippen LogP contribution >= 0.6 is 0 Å². The lowest BCUT2D eigenvalue weighted by atomic mass is 9.91. The van der Waals surface area contributed by atoms with Crippen molar-refractivity contribution in [1.82, 2.24) is 24.6 Å². The van der Waals surface area contributed by atoms with Crippen molar-refractivity contribution in [3.05, 3.63) is 102 Å². The van der Waals surface area contributed by atoms with E-state index in [1.807, 2.05) is 30.9 Å². The lowest BCUT2D eigenvalue weighted by Crippen LogP contribution is -2.39. The number of nitrogens with zero attached hydrogens (tertiary/aromatic N) is 5. The van der Waals surface area contributed by atoms with Crippen LogP contribution in [0.15, 0.2) is 83.9 Å². The fourth-order valence-corrected chi connectivity index (χ4v) is 4.72. The fraction of sp³-hybridized carbons (Fsp3) is 0.346. The summed E-state index contributed by atoms with van der Waals surface area (Å²) in [7, 11) is 0. The number of piperidine rings is 1. The predicted molar refractivity (Wildman–Crippen MR) is 123 cm³/mol. The Labute approximate surface area is 188 Å². The zero-order valence-electron chi connectivity index (χ0n) is 18.3. The van der Waals surface area contributed by atoms with Crippen LogP contribution in [0.1, 0.15) is 54.4 Å². The van der Waals surface area contributed by atoms with Gasteiger partial charge in [0.25, 0.3) is 0 Å². The maximum atomic E-state index is 5.77. The molecule has 1 saturated heterocycles. The topological polar surface area (TPSA) is 60.0 Å². The molecule has 6 heteroatoms. The van der Waals surface area contributed by atoms with Crippen molar-refractivity contribution in [2.45, 2.75) is 50.7 Å². The molecular formula is C26H29N5O. The first-order valence-electron chi connectivity index (χ1n) is 11.5. The highest BCUT2D eigenvalue weighted by molar-refractivity contribution is 5.37. The summed E-state index contributed by atoms with van der Waals surface area (Å²) < 4.78 is 7.93. The normalized spacial score (nSPS) is 17.1. The second kappa shape index (κ2) is 9.92. The second-order valence-corrected chi connectivity index (χ2v) is 8.51. The summed E-state index contributed by atoms with van der Waals surface area (Å²) in [5, 5.41) is 4.42. The van der Waals surface area contributed by atoms with Gasteiger partial charge in [0.2, 0.25) is 5.89 Å². The van der Waals surface area contributed by atoms with Gasteiger partial charge >= 0.3 is 0 Å². The molecule has 0 N–H and O–H groups in total. The first-order valence-corrected chi connectivity index (χ1v) is 11.5. The molecule has 2 aromatic carbocycles. The monoisotopic (exact) mass is 427 g/mol. The summed E-state index contributed by atoms with van der Waals surface area (Å²) in [5.41, 5.74) is 2.34. The van der Waals surface area contributed by atoms with Gasteiger partial charge in [-0.2, -0.15) is 4.98 Å². The zero-order chi connectivity index (χ0) is 21.6. The van der Waals surface area contributed by atoms with Crippen LogP contribution in [0.2, 0.25) is 0 Å². The zero-order valence-corrected chi connectivity index (χ0v) is 18.3. The molecule has 5 rings (SSSR count). The standard InChI is InChI=1S/C26H29N5O/c1-3-9-21(10-4-1)25(22-11-5-2-6-12-22)26-28-24(32-29-26)19-31-16-8-7-13-23(31)14-17-30-18-15-27-20-30/h1-6,9-12,15,18,20,23,25H,7-8,13-14,16-17,19H2/t23-/m1/s1. The Bertz CT molecular complexity index is 1040. The molecule has 4 aromatic rings. The van der Waals surface area contributed by atoms with E-state index in [-0.39, 0.29) is 5.92 Å². The Kier molecular flexibility index (Phi) is 6.40. The Hall–Kier alpha value is -3.25. The van der Waals surface area contributed by atoms with Gasteiger partial charge in [-0.3, -0.25) is 4.90 Å². The van der Waals surface area contributed by atoms with E-state index in [1.54, 1.807) is 0 Å². The van der Waals surface area contributed by atoms with Gasteiger partial charge in [-0.05, 0) is 36.9 Å². The molecule has 0 aliphatic carbocycles. The van der Waals surface area contributed by atoms with Crippen molar-refractivity contribution in [3.63, 3.8) is 0 Å². The number of benzene rings is 2. The number of hydrogen-bond donors (Lipinski definition) is 0. The van der Waals surface area contributed by atoms with Crippen LogP contribution < -0.4 is 0 Å². The highest BCUT2D eigenvalue weighted by Gasteiger charge is 2.26. The molecule has 1 aliphatic heterocycles. The third-order valence-corrected chi connectivity index (χ3v) is 6.37. The minimum Gasteiger partial charge on any atom is -0.338 e. The van der Waals surface area contributed by atoms with Gasteiger partial charge < -0.3 is 9.09 Å². The van der Waals surface area contributed by atoms with Gasteiger partial charge in [0, 0.05) is 25.0 Å². The SMILES string of the molecule is c1ccc(C(c2ccccc2)c2noc(CN3CCCC[C@@H]3CCn3ccnc3)n2)cc1. The summed E-state index contributed by atoms with van der Waals surface area (Å²) in [5.74, 6) is 1.39. The van der Waals surface area contributed by atoms with Crippen LogP contribution in [-0.2, 0) is 13.1 Å². The Morgan fingerprint density at radius 1 is 0.969 bits per heavy atom. The van der Waals surface area contributed by atoms with E-state index in [0.717, 1.165) is 25.3 Å². The predicted octanol–water partition coefficient (Wildman–Crippen LogP) is 4.89. The smallest absolute Gasteiger partial charge is 0.240 e. The first kappa shape index (κ1) is 20.6. The first-order chi connectivity index (χ1) is 15.9. The van der Waals surface area contributed by atoms with Crippen LogP contribution in [0.25, 0.3) is 0 Å². The van der Waals surface area contributed by atoms with Crippen LogP contribution in [-0.4, -0.2) is 37.2 Å². The average Bonchev–Trinajstić information content (AvgIpc) is 3.53. The van der Waals surface area contributed by atoms with Gasteiger partial charge in [0.05, 0.1) is 18.8 Å². The molecule has 6 nitrogen and oxygen atoms in total. The number of likely N-dealkylation sites (tertiary alicyclic amines) is 1. The number of aryl methyl sites for hydroxylation is 1. The Morgan fingerprint density at radius 2 is 1.72 bits per heavy atom. The third-order valence-electron chi connectivity index (χ3n) is 6.37. The van der Waals surface area contributed by atoms with E-state index in [4.69, 9.17) is 9.51 Å². The molecule has 32 heavy (non-hydrogen) atoms. The molecule has 0 amide bonds. The van der Waals surface area contributed by atoms with Crippen LogP contribution in [0.4, 0.5) is 0 Å². The highest BCUT2D eigenvalue weighted by Crippen LogP contribution is 2.30. The van der Waals surface area contributed by atoms with Crippen molar-refractivity contribution in [2.75, 3.05) is 6.54 Å². The molecule has 164 valence electrons. The molecule has 0 unspecified atom stereocenters. The number of hydrogen-bond acceptors (Lipinski definition) is 5. The molecule has 1 aliphatic rings. The van der Waals surface area contributed by atoms with Crippen LogP contribution in [0.5, 0.6) is 0 Å². The quantitative estimate of drug-likeness (QED) is 0.401. The Morgan fingerprint density at radius 3 is 2.41 bits per heavy atom. The van der Waals surface area contributed by atoms with Crippen molar-refractivity contribution in [3.8, 4) is 0 Å². The number of aromatic nitrogens is 4. The minimum absolute atomic E-state index is 0.0340. The summed E-state index contributed by atoms with van der Waals surface area (Å²) in [6, 6.07) is 21.4. The van der Waals surface area contributed by atoms with E-state index in [1.165, 1.54) is 30.4 Å². The summed E-state index contributed by atoms with van der Waals surface area (Å²) in [6.07, 6.45) is 10.6. The molecular weight excluding hydrogens is 398 g/mol.